The highest BCUT2D eigenvalue weighted by Gasteiger charge is 2.36. The van der Waals surface area contributed by atoms with Gasteiger partial charge < -0.3 is 19.3 Å². The first-order chi connectivity index (χ1) is 15.1. The summed E-state index contributed by atoms with van der Waals surface area (Å²) >= 11 is 0. The molecule has 0 aromatic rings. The maximum absolute atomic E-state index is 11.8. The van der Waals surface area contributed by atoms with Gasteiger partial charge in [-0.05, 0) is 44.9 Å². The van der Waals surface area contributed by atoms with Crippen molar-refractivity contribution in [3.05, 3.63) is 36.5 Å². The van der Waals surface area contributed by atoms with Crippen LogP contribution in [0.5, 0.6) is 0 Å². The van der Waals surface area contributed by atoms with E-state index in [4.69, 9.17) is 19.3 Å². The monoisotopic (exact) mass is 436 g/mol. The number of carbonyl (C=O) groups is 2. The summed E-state index contributed by atoms with van der Waals surface area (Å²) in [6.45, 7) is 3.00. The van der Waals surface area contributed by atoms with Crippen LogP contribution in [-0.2, 0) is 23.8 Å². The van der Waals surface area contributed by atoms with E-state index in [-0.39, 0.29) is 31.8 Å². The number of rotatable bonds is 18. The van der Waals surface area contributed by atoms with Crippen molar-refractivity contribution in [3.63, 3.8) is 0 Å². The second kappa shape index (κ2) is 17.7. The quantitative estimate of drug-likeness (QED) is 0.144. The Morgan fingerprint density at radius 1 is 1.00 bits per heavy atom. The molecule has 0 saturated carbocycles. The molecule has 2 unspecified atom stereocenters. The molecule has 176 valence electrons. The molecule has 0 radical (unpaired) electrons. The standard InChI is InChI=1S/C25H40O6/c1-3-4-5-6-7-8-9-10-11-12-13-14-16-23-24(31-23)17-15-18-25(28)30-22(19-26)20-29-21(2)27/h7-8,10-11,13-14,22-24,26H,3-6,9,12,15-20H2,1-2H3/b8-7-,11-10-,14-13-/t22-,23?,24?/m0/s1. The Labute approximate surface area is 187 Å². The van der Waals surface area contributed by atoms with E-state index in [1.807, 2.05) is 0 Å². The molecule has 3 atom stereocenters. The van der Waals surface area contributed by atoms with E-state index in [1.165, 1.54) is 32.6 Å². The first-order valence-corrected chi connectivity index (χ1v) is 11.6. The van der Waals surface area contributed by atoms with E-state index in [9.17, 15) is 9.59 Å². The van der Waals surface area contributed by atoms with Crippen LogP contribution in [0.15, 0.2) is 36.5 Å². The second-order valence-corrected chi connectivity index (χ2v) is 7.82. The molecule has 1 aliphatic rings. The zero-order chi connectivity index (χ0) is 22.7. The van der Waals surface area contributed by atoms with Crippen molar-refractivity contribution in [2.75, 3.05) is 13.2 Å². The van der Waals surface area contributed by atoms with Crippen LogP contribution in [0, 0.1) is 0 Å². The van der Waals surface area contributed by atoms with Crippen molar-refractivity contribution in [2.45, 2.75) is 96.4 Å². The molecule has 1 saturated heterocycles. The third-order valence-corrected chi connectivity index (χ3v) is 4.92. The molecule has 0 aliphatic carbocycles. The van der Waals surface area contributed by atoms with Gasteiger partial charge in [0.25, 0.3) is 0 Å². The van der Waals surface area contributed by atoms with Gasteiger partial charge in [0.05, 0.1) is 18.8 Å². The summed E-state index contributed by atoms with van der Waals surface area (Å²) < 4.78 is 15.5. The smallest absolute Gasteiger partial charge is 0.306 e. The fraction of sp³-hybridized carbons (Fsp3) is 0.680. The minimum absolute atomic E-state index is 0.122. The molecular formula is C25H40O6. The van der Waals surface area contributed by atoms with E-state index in [0.29, 0.717) is 6.42 Å². The molecule has 0 bridgehead atoms. The Balaban J connectivity index is 2.00. The van der Waals surface area contributed by atoms with Crippen molar-refractivity contribution in [1.29, 1.82) is 0 Å². The molecule has 1 N–H and O–H groups in total. The number of unbranched alkanes of at least 4 members (excludes halogenated alkanes) is 3. The number of epoxide rings is 1. The molecule has 6 heteroatoms. The lowest BCUT2D eigenvalue weighted by Gasteiger charge is -2.14. The van der Waals surface area contributed by atoms with Crippen molar-refractivity contribution in [3.8, 4) is 0 Å². The van der Waals surface area contributed by atoms with Crippen LogP contribution in [0.4, 0.5) is 0 Å². The Hall–Kier alpha value is -1.92. The molecule has 0 amide bonds. The molecule has 1 heterocycles. The lowest BCUT2D eigenvalue weighted by Crippen LogP contribution is -2.28. The van der Waals surface area contributed by atoms with Gasteiger partial charge in [-0.2, -0.15) is 0 Å². The normalized spacial score (nSPS) is 19.3. The van der Waals surface area contributed by atoms with Gasteiger partial charge >= 0.3 is 11.9 Å². The van der Waals surface area contributed by atoms with Crippen LogP contribution in [0.1, 0.15) is 78.1 Å². The minimum atomic E-state index is -0.803. The molecular weight excluding hydrogens is 396 g/mol. The third-order valence-electron chi connectivity index (χ3n) is 4.92. The van der Waals surface area contributed by atoms with Crippen LogP contribution >= 0.6 is 0 Å². The molecule has 1 rings (SSSR count). The number of hydrogen-bond acceptors (Lipinski definition) is 6. The third kappa shape index (κ3) is 15.5. The highest BCUT2D eigenvalue weighted by molar-refractivity contribution is 5.69. The number of esters is 2. The maximum Gasteiger partial charge on any atom is 0.306 e. The minimum Gasteiger partial charge on any atom is -0.462 e. The zero-order valence-corrected chi connectivity index (χ0v) is 19.2. The molecule has 1 aliphatic heterocycles. The Morgan fingerprint density at radius 3 is 2.39 bits per heavy atom. The summed E-state index contributed by atoms with van der Waals surface area (Å²) in [7, 11) is 0. The number of carbonyl (C=O) groups excluding carboxylic acids is 2. The van der Waals surface area contributed by atoms with E-state index < -0.39 is 18.0 Å². The fourth-order valence-corrected chi connectivity index (χ4v) is 3.07. The highest BCUT2D eigenvalue weighted by Crippen LogP contribution is 2.30. The maximum atomic E-state index is 11.8. The molecule has 1 fully saturated rings. The predicted molar refractivity (Wildman–Crippen MR) is 122 cm³/mol. The van der Waals surface area contributed by atoms with E-state index in [1.54, 1.807) is 0 Å². The van der Waals surface area contributed by atoms with Crippen molar-refractivity contribution in [2.24, 2.45) is 0 Å². The largest absolute Gasteiger partial charge is 0.462 e. The lowest BCUT2D eigenvalue weighted by atomic mass is 10.1. The molecule has 31 heavy (non-hydrogen) atoms. The van der Waals surface area contributed by atoms with E-state index in [0.717, 1.165) is 25.7 Å². The SMILES string of the molecule is CCCCC/C=C\C/C=C\C/C=C\CC1OC1CCCC(=O)O[C@@H](CO)COC(C)=O. The first kappa shape index (κ1) is 27.1. The number of ether oxygens (including phenoxy) is 3. The van der Waals surface area contributed by atoms with Crippen LogP contribution in [0.3, 0.4) is 0 Å². The first-order valence-electron chi connectivity index (χ1n) is 11.6. The van der Waals surface area contributed by atoms with Gasteiger partial charge in [-0.15, -0.1) is 0 Å². The molecule has 0 aromatic heterocycles. The van der Waals surface area contributed by atoms with Crippen LogP contribution in [-0.4, -0.2) is 48.6 Å². The zero-order valence-electron chi connectivity index (χ0n) is 19.2. The summed E-state index contributed by atoms with van der Waals surface area (Å²) in [6.07, 6.45) is 22.5. The fourth-order valence-electron chi connectivity index (χ4n) is 3.07. The number of hydrogen-bond donors (Lipinski definition) is 1. The average Bonchev–Trinajstić information content (AvgIpc) is 3.49. The van der Waals surface area contributed by atoms with Gasteiger partial charge in [-0.25, -0.2) is 0 Å². The summed E-state index contributed by atoms with van der Waals surface area (Å²) in [4.78, 5) is 22.6. The summed E-state index contributed by atoms with van der Waals surface area (Å²) in [5, 5.41) is 9.15. The molecule has 6 nitrogen and oxygen atoms in total. The van der Waals surface area contributed by atoms with Crippen LogP contribution in [0.25, 0.3) is 0 Å². The van der Waals surface area contributed by atoms with Gasteiger partial charge in [0.2, 0.25) is 0 Å². The van der Waals surface area contributed by atoms with Crippen LogP contribution < -0.4 is 0 Å². The predicted octanol–water partition coefficient (Wildman–Crippen LogP) is 4.81. The number of aliphatic hydroxyl groups excluding tert-OH is 1. The van der Waals surface area contributed by atoms with Crippen molar-refractivity contribution >= 4 is 11.9 Å². The van der Waals surface area contributed by atoms with Gasteiger partial charge in [0, 0.05) is 13.3 Å². The second-order valence-electron chi connectivity index (χ2n) is 7.82. The van der Waals surface area contributed by atoms with Crippen LogP contribution in [0.2, 0.25) is 0 Å². The Bertz CT molecular complexity index is 581. The van der Waals surface area contributed by atoms with Gasteiger partial charge in [0.15, 0.2) is 6.10 Å². The number of aliphatic hydroxyl groups is 1. The molecule has 0 aromatic carbocycles. The highest BCUT2D eigenvalue weighted by atomic mass is 16.6. The lowest BCUT2D eigenvalue weighted by molar-refractivity contribution is -0.160. The van der Waals surface area contributed by atoms with E-state index >= 15 is 0 Å². The van der Waals surface area contributed by atoms with Crippen molar-refractivity contribution < 1.29 is 28.9 Å². The summed E-state index contributed by atoms with van der Waals surface area (Å²) in [6, 6.07) is 0. The Morgan fingerprint density at radius 2 is 1.71 bits per heavy atom. The van der Waals surface area contributed by atoms with Gasteiger partial charge in [0.1, 0.15) is 6.61 Å². The molecule has 0 spiro atoms. The summed E-state index contributed by atoms with van der Waals surface area (Å²) in [5.74, 6) is -0.868. The number of allylic oxidation sites excluding steroid dienone is 5. The van der Waals surface area contributed by atoms with Gasteiger partial charge in [-0.3, -0.25) is 9.59 Å². The summed E-state index contributed by atoms with van der Waals surface area (Å²) in [5.41, 5.74) is 0. The van der Waals surface area contributed by atoms with Gasteiger partial charge in [-0.1, -0.05) is 56.2 Å². The van der Waals surface area contributed by atoms with E-state index in [2.05, 4.69) is 43.4 Å². The Kier molecular flexibility index (Phi) is 15.5. The average molecular weight is 437 g/mol. The van der Waals surface area contributed by atoms with Crippen molar-refractivity contribution in [1.82, 2.24) is 0 Å². The topological polar surface area (TPSA) is 85.4 Å².